The van der Waals surface area contributed by atoms with Crippen LogP contribution in [-0.4, -0.2) is 67.3 Å². The van der Waals surface area contributed by atoms with Gasteiger partial charge in [0.05, 0.1) is 29.6 Å². The highest BCUT2D eigenvalue weighted by atomic mass is 32.2. The van der Waals surface area contributed by atoms with E-state index >= 15 is 0 Å². The number of β-lactam (4-membered cyclic amide) rings is 1. The molecule has 1 fully saturated rings. The van der Waals surface area contributed by atoms with Crippen LogP contribution in [0.4, 0.5) is 10.9 Å². The normalized spacial score (nSPS) is 19.6. The van der Waals surface area contributed by atoms with E-state index in [2.05, 4.69) is 20.6 Å². The molecule has 14 nitrogen and oxygen atoms in total. The van der Waals surface area contributed by atoms with Crippen LogP contribution in [0.3, 0.4) is 0 Å². The van der Waals surface area contributed by atoms with Gasteiger partial charge >= 0.3 is 5.65 Å². The fourth-order valence-electron chi connectivity index (χ4n) is 4.23. The van der Waals surface area contributed by atoms with Gasteiger partial charge in [-0.3, -0.25) is 14.5 Å². The van der Waals surface area contributed by atoms with Crippen LogP contribution >= 0.6 is 23.1 Å². The molecular formula is C21H21N9O5S2. The molecule has 0 spiro atoms. The van der Waals surface area contributed by atoms with E-state index in [1.165, 1.54) is 24.3 Å². The zero-order chi connectivity index (χ0) is 26.4. The van der Waals surface area contributed by atoms with Gasteiger partial charge in [-0.25, -0.2) is 9.55 Å². The van der Waals surface area contributed by atoms with E-state index in [1.54, 1.807) is 21.3 Å². The number of aromatic nitrogens is 4. The first-order valence-corrected chi connectivity index (χ1v) is 12.8. The predicted molar refractivity (Wildman–Crippen MR) is 132 cm³/mol. The first kappa shape index (κ1) is 24.5. The second-order valence-electron chi connectivity index (χ2n) is 8.22. The number of thiazole rings is 1. The van der Waals surface area contributed by atoms with Crippen LogP contribution in [-0.2, 0) is 25.8 Å². The number of hydrogen-bond acceptors (Lipinski definition) is 12. The Morgan fingerprint density at radius 1 is 1.41 bits per heavy atom. The lowest BCUT2D eigenvalue weighted by molar-refractivity contribution is -0.666. The molecule has 0 aliphatic carbocycles. The van der Waals surface area contributed by atoms with Gasteiger partial charge in [-0.2, -0.15) is 0 Å². The Morgan fingerprint density at radius 2 is 2.19 bits per heavy atom. The zero-order valence-electron chi connectivity index (χ0n) is 19.6. The van der Waals surface area contributed by atoms with Crippen molar-refractivity contribution in [3.05, 3.63) is 46.4 Å². The Hall–Kier alpha value is -4.18. The third-order valence-electron chi connectivity index (χ3n) is 5.83. The average molecular weight is 544 g/mol. The van der Waals surface area contributed by atoms with Gasteiger partial charge in [0.15, 0.2) is 10.8 Å². The number of carbonyl (C=O) groups excluding carboxylic acids is 3. The van der Waals surface area contributed by atoms with E-state index < -0.39 is 29.2 Å². The minimum absolute atomic E-state index is 0.154. The lowest BCUT2D eigenvalue weighted by Crippen LogP contribution is -2.71. The summed E-state index contributed by atoms with van der Waals surface area (Å²) in [6.45, 7) is 2.00. The lowest BCUT2D eigenvalue weighted by Gasteiger charge is -2.50. The number of rotatable bonds is 7. The number of nitrogen functional groups attached to an aromatic ring is 2. The summed E-state index contributed by atoms with van der Waals surface area (Å²) in [4.78, 5) is 48.0. The van der Waals surface area contributed by atoms with Crippen LogP contribution in [0.5, 0.6) is 0 Å². The first-order chi connectivity index (χ1) is 17.7. The molecule has 5 rings (SSSR count). The minimum atomic E-state index is -1.48. The summed E-state index contributed by atoms with van der Waals surface area (Å²) in [5, 5.41) is 24.0. The Labute approximate surface area is 217 Å². The molecule has 0 saturated carbocycles. The van der Waals surface area contributed by atoms with Gasteiger partial charge in [-0.15, -0.1) is 23.1 Å². The van der Waals surface area contributed by atoms with E-state index in [1.807, 2.05) is 13.0 Å². The quantitative estimate of drug-likeness (QED) is 0.130. The van der Waals surface area contributed by atoms with E-state index in [9.17, 15) is 19.5 Å². The van der Waals surface area contributed by atoms with Crippen molar-refractivity contribution in [1.29, 1.82) is 0 Å². The summed E-state index contributed by atoms with van der Waals surface area (Å²) in [5.74, 6) is -2.03. The SMILES string of the molecule is CON=C(C(=O)N[C@@H]1C(=O)N2C(C(=O)[O-])=C(C[n+]3ccc(N)n4nc(C)cc43)CS[C@@H]12)c1csc(N)n1. The molecular weight excluding hydrogens is 522 g/mol. The van der Waals surface area contributed by atoms with E-state index in [0.717, 1.165) is 21.9 Å². The summed E-state index contributed by atoms with van der Waals surface area (Å²) in [7, 11) is 1.27. The zero-order valence-corrected chi connectivity index (χ0v) is 21.2. The molecule has 37 heavy (non-hydrogen) atoms. The molecule has 5 N–H and O–H groups in total. The van der Waals surface area contributed by atoms with Crippen LogP contribution in [0.2, 0.25) is 0 Å². The largest absolute Gasteiger partial charge is 0.543 e. The number of oxime groups is 1. The maximum absolute atomic E-state index is 13.1. The Morgan fingerprint density at radius 3 is 2.86 bits per heavy atom. The Balaban J connectivity index is 1.39. The van der Waals surface area contributed by atoms with Crippen molar-refractivity contribution in [2.45, 2.75) is 24.9 Å². The number of carbonyl (C=O) groups is 3. The van der Waals surface area contributed by atoms with Crippen LogP contribution in [0, 0.1) is 6.92 Å². The molecule has 2 amide bonds. The lowest BCUT2D eigenvalue weighted by atomic mass is 10.0. The summed E-state index contributed by atoms with van der Waals surface area (Å²) in [6.07, 6.45) is 1.73. The number of nitrogens with two attached hydrogens (primary N) is 2. The standard InChI is InChI=1S/C21H21N9O5S2/c1-9-5-13-28(4-3-12(22)30(13)26-9)6-10-7-36-19-15(18(32)29(19)16(10)20(33)34)25-17(31)14(27-35-2)11-8-37-21(23)24-11/h3-5,8,15,19,22H,6-7H2,1-2H3,(H4,23,24,25,31,33,34)/t15-,19+/m1/s1. The highest BCUT2D eigenvalue weighted by molar-refractivity contribution is 8.00. The number of aryl methyl sites for hydroxylation is 1. The van der Waals surface area contributed by atoms with Gasteiger partial charge in [0, 0.05) is 22.8 Å². The van der Waals surface area contributed by atoms with Crippen molar-refractivity contribution in [2.75, 3.05) is 24.3 Å². The Kier molecular flexibility index (Phi) is 6.20. The molecule has 5 heterocycles. The molecule has 3 aromatic rings. The van der Waals surface area contributed by atoms with E-state index in [-0.39, 0.29) is 28.8 Å². The topological polar surface area (TPSA) is 197 Å². The molecule has 3 aromatic heterocycles. The molecule has 192 valence electrons. The average Bonchev–Trinajstić information content (AvgIpc) is 3.47. The van der Waals surface area contributed by atoms with Crippen LogP contribution < -0.4 is 26.5 Å². The molecule has 0 aromatic carbocycles. The second kappa shape index (κ2) is 9.36. The van der Waals surface area contributed by atoms with Gasteiger partial charge in [-0.1, -0.05) is 14.8 Å². The van der Waals surface area contributed by atoms with E-state index in [0.29, 0.717) is 22.8 Å². The molecule has 0 bridgehead atoms. The van der Waals surface area contributed by atoms with Crippen LogP contribution in [0.1, 0.15) is 11.4 Å². The minimum Gasteiger partial charge on any atom is -0.543 e. The number of anilines is 2. The van der Waals surface area contributed by atoms with Crippen molar-refractivity contribution in [1.82, 2.24) is 24.8 Å². The number of carboxylic acids is 1. The smallest absolute Gasteiger partial charge is 0.311 e. The summed E-state index contributed by atoms with van der Waals surface area (Å²) >= 11 is 2.45. The predicted octanol–water partition coefficient (Wildman–Crippen LogP) is -1.99. The second-order valence-corrected chi connectivity index (χ2v) is 10.2. The summed E-state index contributed by atoms with van der Waals surface area (Å²) in [5.41, 5.74) is 13.4. The maximum Gasteiger partial charge on any atom is 0.311 e. The molecule has 2 aliphatic heterocycles. The highest BCUT2D eigenvalue weighted by Gasteiger charge is 2.53. The van der Waals surface area contributed by atoms with Crippen LogP contribution in [0.15, 0.2) is 40.1 Å². The number of nitrogens with one attached hydrogen (secondary N) is 1. The number of hydrogen-bond donors (Lipinski definition) is 3. The molecule has 16 heteroatoms. The molecule has 0 radical (unpaired) electrons. The van der Waals surface area contributed by atoms with Crippen molar-refractivity contribution in [3.63, 3.8) is 0 Å². The summed E-state index contributed by atoms with van der Waals surface area (Å²) < 4.78 is 3.36. The number of thioether (sulfide) groups is 1. The highest BCUT2D eigenvalue weighted by Crippen LogP contribution is 2.40. The number of aliphatic carboxylic acids is 1. The monoisotopic (exact) mass is 543 g/mol. The summed E-state index contributed by atoms with van der Waals surface area (Å²) in [6, 6.07) is 2.51. The van der Waals surface area contributed by atoms with E-state index in [4.69, 9.17) is 16.3 Å². The Bertz CT molecular complexity index is 1510. The van der Waals surface area contributed by atoms with Crippen molar-refractivity contribution in [3.8, 4) is 0 Å². The fourth-order valence-corrected chi connectivity index (χ4v) is 6.11. The number of amides is 2. The first-order valence-electron chi connectivity index (χ1n) is 10.8. The van der Waals surface area contributed by atoms with Gasteiger partial charge in [0.1, 0.15) is 30.8 Å². The third-order valence-corrected chi connectivity index (χ3v) is 7.84. The third kappa shape index (κ3) is 4.23. The van der Waals surface area contributed by atoms with Gasteiger partial charge < -0.3 is 31.5 Å². The number of fused-ring (bicyclic) bond motifs is 2. The molecule has 0 unspecified atom stereocenters. The molecule has 1 saturated heterocycles. The van der Waals surface area contributed by atoms with Gasteiger partial charge in [0.2, 0.25) is 5.82 Å². The van der Waals surface area contributed by atoms with Gasteiger partial charge in [-0.05, 0) is 6.92 Å². The maximum atomic E-state index is 13.1. The van der Waals surface area contributed by atoms with Crippen LogP contribution in [0.25, 0.3) is 5.65 Å². The van der Waals surface area contributed by atoms with Gasteiger partial charge in [0.25, 0.3) is 11.8 Å². The van der Waals surface area contributed by atoms with Crippen molar-refractivity contribution in [2.24, 2.45) is 5.16 Å². The molecule has 2 atom stereocenters. The number of nitrogens with zero attached hydrogens (tertiary/aromatic N) is 6. The van der Waals surface area contributed by atoms with Crippen molar-refractivity contribution < 1.29 is 28.9 Å². The number of carboxylic acid groups (broad SMARTS) is 1. The van der Waals surface area contributed by atoms with Crippen molar-refractivity contribution >= 4 is 63.2 Å². The fraction of sp³-hybridized carbons (Fsp3) is 0.286. The molecule has 2 aliphatic rings.